The number of non-ortho nitro benzene ring substituents is 1. The molecule has 0 aliphatic heterocycles. The number of nitrogens with zero attached hydrogens (tertiary/aromatic N) is 1. The summed E-state index contributed by atoms with van der Waals surface area (Å²) in [5, 5.41) is 10.4. The fourth-order valence-corrected chi connectivity index (χ4v) is 1.50. The molecule has 4 nitrogen and oxygen atoms in total. The van der Waals surface area contributed by atoms with Crippen molar-refractivity contribution < 1.29 is 9.72 Å². The Bertz CT molecular complexity index is 361. The molecule has 5 heteroatoms. The first-order chi connectivity index (χ1) is 7.15. The number of thioether (sulfide) groups is 1. The summed E-state index contributed by atoms with van der Waals surface area (Å²) < 4.78 is 0. The van der Waals surface area contributed by atoms with Gasteiger partial charge in [-0.15, -0.1) is 0 Å². The summed E-state index contributed by atoms with van der Waals surface area (Å²) in [6.07, 6.45) is 2.40. The van der Waals surface area contributed by atoms with E-state index in [1.807, 2.05) is 6.26 Å². The third-order valence-electron chi connectivity index (χ3n) is 1.93. The van der Waals surface area contributed by atoms with Crippen molar-refractivity contribution >= 4 is 23.2 Å². The van der Waals surface area contributed by atoms with Gasteiger partial charge in [0, 0.05) is 29.9 Å². The van der Waals surface area contributed by atoms with Crippen LogP contribution in [0.15, 0.2) is 24.3 Å². The van der Waals surface area contributed by atoms with Crippen LogP contribution >= 0.6 is 11.8 Å². The number of rotatable bonds is 5. The van der Waals surface area contributed by atoms with Crippen molar-refractivity contribution in [2.24, 2.45) is 0 Å². The number of nitro benzene ring substituents is 1. The third kappa shape index (κ3) is 3.36. The maximum atomic E-state index is 11.5. The molecule has 0 N–H and O–H groups in total. The highest BCUT2D eigenvalue weighted by Gasteiger charge is 2.08. The molecule has 0 amide bonds. The van der Waals surface area contributed by atoms with Crippen LogP contribution in [0.2, 0.25) is 0 Å². The second-order valence-electron chi connectivity index (χ2n) is 2.97. The molecule has 0 aliphatic rings. The molecule has 0 radical (unpaired) electrons. The lowest BCUT2D eigenvalue weighted by Gasteiger charge is -1.99. The number of benzene rings is 1. The van der Waals surface area contributed by atoms with Crippen LogP contribution in [0.5, 0.6) is 0 Å². The number of carbonyl (C=O) groups is 1. The van der Waals surface area contributed by atoms with Crippen LogP contribution in [0, 0.1) is 10.1 Å². The highest BCUT2D eigenvalue weighted by molar-refractivity contribution is 7.98. The van der Waals surface area contributed by atoms with Gasteiger partial charge in [-0.2, -0.15) is 11.8 Å². The Kier molecular flexibility index (Phi) is 4.30. The standard InChI is InChI=1S/C10H11NO3S/c1-15-7-6-10(12)8-2-4-9(5-3-8)11(13)14/h2-5H,6-7H2,1H3. The smallest absolute Gasteiger partial charge is 0.269 e. The summed E-state index contributed by atoms with van der Waals surface area (Å²) in [6, 6.07) is 5.71. The highest BCUT2D eigenvalue weighted by Crippen LogP contribution is 2.13. The lowest BCUT2D eigenvalue weighted by atomic mass is 10.1. The van der Waals surface area contributed by atoms with Gasteiger partial charge in [0.05, 0.1) is 4.92 Å². The normalized spacial score (nSPS) is 9.93. The summed E-state index contributed by atoms with van der Waals surface area (Å²) in [5.41, 5.74) is 0.547. The fraction of sp³-hybridized carbons (Fsp3) is 0.300. The fourth-order valence-electron chi connectivity index (χ4n) is 1.11. The van der Waals surface area contributed by atoms with Crippen molar-refractivity contribution in [3.05, 3.63) is 39.9 Å². The number of Topliss-reactive ketones (excluding diaryl/α,β-unsaturated/α-hetero) is 1. The molecule has 1 aromatic carbocycles. The van der Waals surface area contributed by atoms with E-state index in [-0.39, 0.29) is 11.5 Å². The van der Waals surface area contributed by atoms with E-state index >= 15 is 0 Å². The van der Waals surface area contributed by atoms with Gasteiger partial charge in [0.15, 0.2) is 5.78 Å². The molecular formula is C10H11NO3S. The van der Waals surface area contributed by atoms with Crippen molar-refractivity contribution in [3.63, 3.8) is 0 Å². The van der Waals surface area contributed by atoms with Crippen LogP contribution in [0.25, 0.3) is 0 Å². The molecule has 1 rings (SSSR count). The Morgan fingerprint density at radius 2 is 2.00 bits per heavy atom. The Balaban J connectivity index is 2.71. The van der Waals surface area contributed by atoms with E-state index in [4.69, 9.17) is 0 Å². The van der Waals surface area contributed by atoms with Crippen LogP contribution in [-0.4, -0.2) is 22.7 Å². The van der Waals surface area contributed by atoms with Gasteiger partial charge < -0.3 is 0 Å². The Morgan fingerprint density at radius 1 is 1.40 bits per heavy atom. The van der Waals surface area contributed by atoms with Gasteiger partial charge in [0.2, 0.25) is 0 Å². The number of hydrogen-bond acceptors (Lipinski definition) is 4. The number of carbonyl (C=O) groups excluding carboxylic acids is 1. The average molecular weight is 225 g/mol. The maximum Gasteiger partial charge on any atom is 0.269 e. The summed E-state index contributed by atoms with van der Waals surface area (Å²) in [4.78, 5) is 21.4. The van der Waals surface area contributed by atoms with E-state index < -0.39 is 4.92 Å². The zero-order valence-corrected chi connectivity index (χ0v) is 9.12. The van der Waals surface area contributed by atoms with Crippen molar-refractivity contribution in [3.8, 4) is 0 Å². The van der Waals surface area contributed by atoms with Gasteiger partial charge in [-0.1, -0.05) is 0 Å². The highest BCUT2D eigenvalue weighted by atomic mass is 32.2. The van der Waals surface area contributed by atoms with Crippen LogP contribution in [-0.2, 0) is 0 Å². The molecule has 0 fully saturated rings. The molecule has 0 unspecified atom stereocenters. The van der Waals surface area contributed by atoms with Crippen LogP contribution in [0.3, 0.4) is 0 Å². The minimum Gasteiger partial charge on any atom is -0.294 e. The van der Waals surface area contributed by atoms with Crippen LogP contribution in [0.4, 0.5) is 5.69 Å². The first-order valence-corrected chi connectivity index (χ1v) is 5.81. The first kappa shape index (κ1) is 11.7. The largest absolute Gasteiger partial charge is 0.294 e. The van der Waals surface area contributed by atoms with Gasteiger partial charge in [-0.3, -0.25) is 14.9 Å². The van der Waals surface area contributed by atoms with Crippen LogP contribution < -0.4 is 0 Å². The molecule has 0 saturated carbocycles. The first-order valence-electron chi connectivity index (χ1n) is 4.41. The SMILES string of the molecule is CSCCC(=O)c1ccc([N+](=O)[O-])cc1. The topological polar surface area (TPSA) is 60.2 Å². The molecule has 80 valence electrons. The zero-order chi connectivity index (χ0) is 11.3. The molecule has 0 bridgehead atoms. The predicted molar refractivity (Wildman–Crippen MR) is 60.4 cm³/mol. The number of nitro groups is 1. The molecule has 0 heterocycles. The monoisotopic (exact) mass is 225 g/mol. The summed E-state index contributed by atoms with van der Waals surface area (Å²) in [5.74, 6) is 0.801. The minimum absolute atomic E-state index is 0.0106. The maximum absolute atomic E-state index is 11.5. The zero-order valence-electron chi connectivity index (χ0n) is 8.30. The summed E-state index contributed by atoms with van der Waals surface area (Å²) in [6.45, 7) is 0. The Morgan fingerprint density at radius 3 is 2.47 bits per heavy atom. The van der Waals surface area contributed by atoms with E-state index in [9.17, 15) is 14.9 Å². The van der Waals surface area contributed by atoms with Gasteiger partial charge in [0.1, 0.15) is 0 Å². The molecule has 0 saturated heterocycles. The van der Waals surface area contributed by atoms with Gasteiger partial charge in [0.25, 0.3) is 5.69 Å². The van der Waals surface area contributed by atoms with Crippen molar-refractivity contribution in [2.75, 3.05) is 12.0 Å². The predicted octanol–water partition coefficient (Wildman–Crippen LogP) is 2.53. The summed E-state index contributed by atoms with van der Waals surface area (Å²) in [7, 11) is 0. The van der Waals surface area contributed by atoms with E-state index in [0.717, 1.165) is 5.75 Å². The number of hydrogen-bond donors (Lipinski definition) is 0. The second-order valence-corrected chi connectivity index (χ2v) is 3.96. The molecule has 0 aliphatic carbocycles. The van der Waals surface area contributed by atoms with E-state index in [0.29, 0.717) is 12.0 Å². The van der Waals surface area contributed by atoms with Gasteiger partial charge >= 0.3 is 0 Å². The van der Waals surface area contributed by atoms with E-state index in [2.05, 4.69) is 0 Å². The molecule has 1 aromatic rings. The van der Waals surface area contributed by atoms with Crippen LogP contribution in [0.1, 0.15) is 16.8 Å². The second kappa shape index (κ2) is 5.50. The molecule has 0 spiro atoms. The van der Waals surface area contributed by atoms with Crippen molar-refractivity contribution in [1.82, 2.24) is 0 Å². The molecule has 0 atom stereocenters. The summed E-state index contributed by atoms with van der Waals surface area (Å²) >= 11 is 1.60. The quantitative estimate of drug-likeness (QED) is 0.439. The van der Waals surface area contributed by atoms with Gasteiger partial charge in [-0.25, -0.2) is 0 Å². The van der Waals surface area contributed by atoms with Crippen molar-refractivity contribution in [1.29, 1.82) is 0 Å². The number of ketones is 1. The minimum atomic E-state index is -0.476. The van der Waals surface area contributed by atoms with E-state index in [1.165, 1.54) is 24.3 Å². The van der Waals surface area contributed by atoms with Gasteiger partial charge in [-0.05, 0) is 18.4 Å². The molecular weight excluding hydrogens is 214 g/mol. The van der Waals surface area contributed by atoms with E-state index in [1.54, 1.807) is 11.8 Å². The Hall–Kier alpha value is -1.36. The average Bonchev–Trinajstić information content (AvgIpc) is 2.26. The lowest BCUT2D eigenvalue weighted by Crippen LogP contribution is -2.00. The van der Waals surface area contributed by atoms with Crippen molar-refractivity contribution in [2.45, 2.75) is 6.42 Å². The molecule has 15 heavy (non-hydrogen) atoms. The molecule has 0 aromatic heterocycles. The third-order valence-corrected chi connectivity index (χ3v) is 2.55. The lowest BCUT2D eigenvalue weighted by molar-refractivity contribution is -0.384. The Labute approximate surface area is 91.8 Å².